The van der Waals surface area contributed by atoms with E-state index in [1.165, 1.54) is 12.1 Å². The van der Waals surface area contributed by atoms with Gasteiger partial charge in [-0.1, -0.05) is 23.7 Å². The first-order valence-electron chi connectivity index (χ1n) is 11.0. The average Bonchev–Trinajstić information content (AvgIpc) is 3.22. The number of aryl methyl sites for hydroxylation is 1. The molecule has 0 bridgehead atoms. The van der Waals surface area contributed by atoms with Crippen molar-refractivity contribution in [2.75, 3.05) is 26.2 Å². The number of likely N-dealkylation sites (tertiary alicyclic amines) is 1. The summed E-state index contributed by atoms with van der Waals surface area (Å²) in [7, 11) is -2.21. The van der Waals surface area contributed by atoms with Crippen LogP contribution >= 0.6 is 22.9 Å². The molecule has 186 valence electrons. The Bertz CT molecular complexity index is 1420. The summed E-state index contributed by atoms with van der Waals surface area (Å²) in [6.45, 7) is -0.133. The molecule has 12 heteroatoms. The number of halogens is 1. The molecule has 2 N–H and O–H groups in total. The second kappa shape index (κ2) is 10.5. The van der Waals surface area contributed by atoms with Crippen LogP contribution in [-0.2, 0) is 26.7 Å². The summed E-state index contributed by atoms with van der Waals surface area (Å²) in [6, 6.07) is 9.78. The van der Waals surface area contributed by atoms with E-state index in [0.29, 0.717) is 36.3 Å². The van der Waals surface area contributed by atoms with Crippen LogP contribution in [0, 0.1) is 0 Å². The Labute approximate surface area is 212 Å². The van der Waals surface area contributed by atoms with E-state index in [2.05, 4.69) is 0 Å². The molecule has 9 nitrogen and oxygen atoms in total. The maximum atomic E-state index is 13.4. The third-order valence-electron chi connectivity index (χ3n) is 5.93. The first-order valence-corrected chi connectivity index (χ1v) is 13.7. The molecule has 0 saturated carbocycles. The molecule has 0 aliphatic carbocycles. The van der Waals surface area contributed by atoms with Crippen molar-refractivity contribution < 1.29 is 18.0 Å². The molecule has 1 aliphatic rings. The van der Waals surface area contributed by atoms with Crippen molar-refractivity contribution in [3.05, 3.63) is 57.8 Å². The second-order valence-electron chi connectivity index (χ2n) is 8.43. The maximum Gasteiger partial charge on any atom is 0.244 e. The minimum absolute atomic E-state index is 0.0253. The van der Waals surface area contributed by atoms with Gasteiger partial charge in [0.1, 0.15) is 0 Å². The molecule has 2 aromatic carbocycles. The Kier molecular flexibility index (Phi) is 7.60. The van der Waals surface area contributed by atoms with Crippen LogP contribution in [0.2, 0.25) is 5.02 Å². The van der Waals surface area contributed by atoms with Gasteiger partial charge in [0.15, 0.2) is 4.80 Å². The number of thiazole rings is 1. The quantitative estimate of drug-likeness (QED) is 0.497. The van der Waals surface area contributed by atoms with E-state index in [0.717, 1.165) is 14.5 Å². The largest absolute Gasteiger partial charge is 0.369 e. The van der Waals surface area contributed by atoms with Crippen molar-refractivity contribution in [1.82, 2.24) is 13.8 Å². The highest BCUT2D eigenvalue weighted by molar-refractivity contribution is 7.89. The maximum absolute atomic E-state index is 13.4. The summed E-state index contributed by atoms with van der Waals surface area (Å²) in [5, 5.41) is 3.95. The van der Waals surface area contributed by atoms with Crippen LogP contribution in [0.5, 0.6) is 0 Å². The fourth-order valence-corrected chi connectivity index (χ4v) is 6.38. The average molecular weight is 536 g/mol. The van der Waals surface area contributed by atoms with E-state index in [-0.39, 0.29) is 16.8 Å². The Morgan fingerprint density at radius 1 is 1.14 bits per heavy atom. The van der Waals surface area contributed by atoms with Gasteiger partial charge in [0.25, 0.3) is 0 Å². The lowest BCUT2D eigenvalue weighted by Gasteiger charge is -2.31. The minimum Gasteiger partial charge on any atom is -0.369 e. The van der Waals surface area contributed by atoms with Crippen LogP contribution in [-0.4, -0.2) is 66.2 Å². The Morgan fingerprint density at radius 2 is 1.83 bits per heavy atom. The summed E-state index contributed by atoms with van der Waals surface area (Å²) in [5.74, 6) is -1.21. The number of fused-ring (bicyclic) bond motifs is 1. The van der Waals surface area contributed by atoms with Crippen LogP contribution in [0.15, 0.2) is 57.9 Å². The molecule has 0 radical (unpaired) electrons. The van der Waals surface area contributed by atoms with Gasteiger partial charge in [-0.25, -0.2) is 8.42 Å². The van der Waals surface area contributed by atoms with Gasteiger partial charge in [-0.3, -0.25) is 14.6 Å². The number of amides is 2. The highest BCUT2D eigenvalue weighted by atomic mass is 35.5. The molecule has 0 unspecified atom stereocenters. The van der Waals surface area contributed by atoms with Gasteiger partial charge in [0, 0.05) is 36.7 Å². The molecule has 2 heterocycles. The van der Waals surface area contributed by atoms with Crippen molar-refractivity contribution in [3.8, 4) is 0 Å². The van der Waals surface area contributed by atoms with Crippen LogP contribution in [0.4, 0.5) is 0 Å². The third kappa shape index (κ3) is 5.92. The smallest absolute Gasteiger partial charge is 0.244 e. The molecule has 4 rings (SSSR count). The summed E-state index contributed by atoms with van der Waals surface area (Å²) in [4.78, 5) is 32.0. The van der Waals surface area contributed by atoms with Crippen LogP contribution < -0.4 is 10.5 Å². The monoisotopic (exact) mass is 535 g/mol. The number of piperidine rings is 1. The van der Waals surface area contributed by atoms with Crippen LogP contribution in [0.3, 0.4) is 0 Å². The molecule has 2 amide bonds. The molecule has 35 heavy (non-hydrogen) atoms. The van der Waals surface area contributed by atoms with E-state index < -0.39 is 29.0 Å². The zero-order valence-electron chi connectivity index (χ0n) is 19.1. The van der Waals surface area contributed by atoms with Gasteiger partial charge >= 0.3 is 0 Å². The summed E-state index contributed by atoms with van der Waals surface area (Å²) < 4.78 is 29.5. The fourth-order valence-electron chi connectivity index (χ4n) is 4.01. The van der Waals surface area contributed by atoms with E-state index >= 15 is 0 Å². The van der Waals surface area contributed by atoms with Crippen molar-refractivity contribution in [2.45, 2.75) is 23.8 Å². The van der Waals surface area contributed by atoms with Gasteiger partial charge in [0.05, 0.1) is 24.0 Å². The lowest BCUT2D eigenvalue weighted by molar-refractivity contribution is -0.132. The topological polar surface area (TPSA) is 118 Å². The number of carbonyl (C=O) groups is 2. The number of benzene rings is 2. The summed E-state index contributed by atoms with van der Waals surface area (Å²) >= 11 is 7.57. The molecule has 3 aromatic rings. The lowest BCUT2D eigenvalue weighted by Crippen LogP contribution is -2.48. The zero-order chi connectivity index (χ0) is 25.2. The number of nitrogens with two attached hydrogens (primary N) is 1. The molecule has 1 aliphatic heterocycles. The number of nitrogens with zero attached hydrogens (tertiary/aromatic N) is 4. The highest BCUT2D eigenvalue weighted by Gasteiger charge is 2.31. The normalized spacial score (nSPS) is 15.7. The molecule has 0 atom stereocenters. The molecule has 1 fully saturated rings. The van der Waals surface area contributed by atoms with Gasteiger partial charge in [0.2, 0.25) is 21.8 Å². The van der Waals surface area contributed by atoms with Crippen molar-refractivity contribution in [2.24, 2.45) is 17.8 Å². The SMILES string of the molecule is Cn1ccs/c1=N\C1CCN(C(=O)CN(CC(N)=O)S(=O)(=O)c2ccc3cc(Cl)ccc3c2)CC1. The number of sulfonamides is 1. The van der Waals surface area contributed by atoms with Crippen LogP contribution in [0.1, 0.15) is 12.8 Å². The molecule has 0 spiro atoms. The molecule has 1 aromatic heterocycles. The van der Waals surface area contributed by atoms with Crippen molar-refractivity contribution in [3.63, 3.8) is 0 Å². The van der Waals surface area contributed by atoms with Gasteiger partial charge in [-0.05, 0) is 47.9 Å². The Morgan fingerprint density at radius 3 is 2.49 bits per heavy atom. The second-order valence-corrected chi connectivity index (χ2v) is 11.7. The van der Waals surface area contributed by atoms with E-state index in [1.54, 1.807) is 40.5 Å². The lowest BCUT2D eigenvalue weighted by atomic mass is 10.1. The van der Waals surface area contributed by atoms with Crippen LogP contribution in [0.25, 0.3) is 10.8 Å². The van der Waals surface area contributed by atoms with Gasteiger partial charge < -0.3 is 15.2 Å². The molecule has 1 saturated heterocycles. The van der Waals surface area contributed by atoms with Gasteiger partial charge in [-0.2, -0.15) is 4.31 Å². The predicted octanol–water partition coefficient (Wildman–Crippen LogP) is 1.96. The van der Waals surface area contributed by atoms with E-state index in [1.807, 2.05) is 23.2 Å². The number of carbonyl (C=O) groups excluding carboxylic acids is 2. The minimum atomic E-state index is -4.15. The molecular formula is C23H26ClN5O4S2. The zero-order valence-corrected chi connectivity index (χ0v) is 21.5. The number of primary amides is 1. The third-order valence-corrected chi connectivity index (χ3v) is 8.81. The first kappa shape index (κ1) is 25.4. The summed E-state index contributed by atoms with van der Waals surface area (Å²) in [6.07, 6.45) is 3.31. The van der Waals surface area contributed by atoms with E-state index in [4.69, 9.17) is 22.3 Å². The summed E-state index contributed by atoms with van der Waals surface area (Å²) in [5.41, 5.74) is 5.33. The number of hydrogen-bond acceptors (Lipinski definition) is 6. The predicted molar refractivity (Wildman–Crippen MR) is 135 cm³/mol. The standard InChI is InChI=1S/C23H26ClN5O4S2/c1-27-10-11-34-23(27)26-19-6-8-28(9-7-19)22(31)15-29(14-21(25)30)35(32,33)20-5-3-16-12-18(24)4-2-17(16)13-20/h2-5,10-13,19H,6-9,14-15H2,1H3,(H2,25,30)/b26-23-. The van der Waals surface area contributed by atoms with Crippen molar-refractivity contribution in [1.29, 1.82) is 0 Å². The Hall–Kier alpha value is -2.73. The van der Waals surface area contributed by atoms with Gasteiger partial charge in [-0.15, -0.1) is 11.3 Å². The number of rotatable bonds is 7. The van der Waals surface area contributed by atoms with Crippen molar-refractivity contribution >= 4 is 55.5 Å². The Balaban J connectivity index is 1.49. The van der Waals surface area contributed by atoms with E-state index in [9.17, 15) is 18.0 Å². The molecular weight excluding hydrogens is 510 g/mol. The number of hydrogen-bond donors (Lipinski definition) is 1. The fraction of sp³-hybridized carbons (Fsp3) is 0.348. The first-order chi connectivity index (χ1) is 16.6. The highest BCUT2D eigenvalue weighted by Crippen LogP contribution is 2.25. The number of aromatic nitrogens is 1.